The van der Waals surface area contributed by atoms with Crippen molar-refractivity contribution in [3.05, 3.63) is 24.8 Å². The van der Waals surface area contributed by atoms with E-state index in [1.165, 1.54) is 0 Å². The first-order chi connectivity index (χ1) is 9.91. The van der Waals surface area contributed by atoms with Gasteiger partial charge in [0.05, 0.1) is 6.54 Å². The molecular formula is C16H30N4. The Kier molecular flexibility index (Phi) is 16.9. The van der Waals surface area contributed by atoms with Crippen LogP contribution in [0.1, 0.15) is 12.8 Å². The standard InChI is InChI=1S/C16H30N4/c1-3-9-17-13-7-15-19-11-5-6-12-20-16-8-14-18-10-4-2/h1,4-6,17-20H,2,7-16H2/b6-5+. The Morgan fingerprint density at radius 3 is 1.80 bits per heavy atom. The quantitative estimate of drug-likeness (QED) is 0.200. The second kappa shape index (κ2) is 17.9. The van der Waals surface area contributed by atoms with Crippen LogP contribution in [0.5, 0.6) is 0 Å². The van der Waals surface area contributed by atoms with Crippen molar-refractivity contribution in [3.63, 3.8) is 0 Å². The molecular weight excluding hydrogens is 248 g/mol. The third kappa shape index (κ3) is 16.9. The first kappa shape index (κ1) is 18.9. The predicted octanol–water partition coefficient (Wildman–Crippen LogP) is 0.500. The number of nitrogens with one attached hydrogen (secondary N) is 4. The highest BCUT2D eigenvalue weighted by Crippen LogP contribution is 1.76. The molecule has 0 fully saturated rings. The Labute approximate surface area is 124 Å². The van der Waals surface area contributed by atoms with Crippen molar-refractivity contribution in [3.8, 4) is 12.3 Å². The summed E-state index contributed by atoms with van der Waals surface area (Å²) in [4.78, 5) is 0. The highest BCUT2D eigenvalue weighted by atomic mass is 14.9. The summed E-state index contributed by atoms with van der Waals surface area (Å²) >= 11 is 0. The minimum atomic E-state index is 0.661. The van der Waals surface area contributed by atoms with Gasteiger partial charge in [-0.05, 0) is 39.0 Å². The van der Waals surface area contributed by atoms with E-state index in [1.807, 2.05) is 6.08 Å². The summed E-state index contributed by atoms with van der Waals surface area (Å²) in [5.41, 5.74) is 0. The molecule has 0 aromatic rings. The molecule has 114 valence electrons. The van der Waals surface area contributed by atoms with Crippen LogP contribution in [-0.2, 0) is 0 Å². The zero-order valence-corrected chi connectivity index (χ0v) is 12.6. The molecule has 0 spiro atoms. The van der Waals surface area contributed by atoms with Crippen molar-refractivity contribution in [2.45, 2.75) is 12.8 Å². The van der Waals surface area contributed by atoms with Crippen LogP contribution in [0.2, 0.25) is 0 Å². The SMILES string of the molecule is C#CCNCCCNC/C=C/CNCCCNCC=C. The van der Waals surface area contributed by atoms with E-state index in [2.05, 4.69) is 45.9 Å². The maximum absolute atomic E-state index is 5.14. The molecule has 20 heavy (non-hydrogen) atoms. The Balaban J connectivity index is 3.05. The van der Waals surface area contributed by atoms with Gasteiger partial charge in [0.2, 0.25) is 0 Å². The highest BCUT2D eigenvalue weighted by Gasteiger charge is 1.87. The van der Waals surface area contributed by atoms with E-state index < -0.39 is 0 Å². The fraction of sp³-hybridized carbons (Fsp3) is 0.625. The molecule has 0 saturated carbocycles. The van der Waals surface area contributed by atoms with Crippen molar-refractivity contribution < 1.29 is 0 Å². The second-order valence-corrected chi connectivity index (χ2v) is 4.46. The Hall–Kier alpha value is -1.12. The van der Waals surface area contributed by atoms with Crippen LogP contribution < -0.4 is 21.3 Å². The van der Waals surface area contributed by atoms with Gasteiger partial charge >= 0.3 is 0 Å². The number of terminal acetylenes is 1. The molecule has 0 radical (unpaired) electrons. The van der Waals surface area contributed by atoms with Gasteiger partial charge in [-0.1, -0.05) is 24.1 Å². The lowest BCUT2D eigenvalue weighted by molar-refractivity contribution is 0.635. The van der Waals surface area contributed by atoms with Gasteiger partial charge in [-0.2, -0.15) is 0 Å². The number of rotatable bonds is 15. The number of hydrogen-bond donors (Lipinski definition) is 4. The lowest BCUT2D eigenvalue weighted by atomic mass is 10.4. The van der Waals surface area contributed by atoms with Crippen molar-refractivity contribution in [1.82, 2.24) is 21.3 Å². The van der Waals surface area contributed by atoms with Crippen LogP contribution in [0.3, 0.4) is 0 Å². The van der Waals surface area contributed by atoms with Gasteiger partial charge in [0, 0.05) is 19.6 Å². The fourth-order valence-electron chi connectivity index (χ4n) is 1.58. The molecule has 0 aromatic carbocycles. The van der Waals surface area contributed by atoms with Crippen LogP contribution in [0.15, 0.2) is 24.8 Å². The van der Waals surface area contributed by atoms with Crippen LogP contribution in [0.25, 0.3) is 0 Å². The van der Waals surface area contributed by atoms with Gasteiger partial charge in [0.1, 0.15) is 0 Å². The topological polar surface area (TPSA) is 48.1 Å². The molecule has 0 atom stereocenters. The lowest BCUT2D eigenvalue weighted by Gasteiger charge is -2.03. The minimum absolute atomic E-state index is 0.661. The molecule has 0 aliphatic carbocycles. The molecule has 4 N–H and O–H groups in total. The van der Waals surface area contributed by atoms with Crippen LogP contribution >= 0.6 is 0 Å². The largest absolute Gasteiger partial charge is 0.313 e. The maximum atomic E-state index is 5.14. The summed E-state index contributed by atoms with van der Waals surface area (Å²) in [6.45, 7) is 11.2. The van der Waals surface area contributed by atoms with E-state index in [-0.39, 0.29) is 0 Å². The summed E-state index contributed by atoms with van der Waals surface area (Å²) in [6, 6.07) is 0. The number of hydrogen-bond acceptors (Lipinski definition) is 4. The molecule has 0 saturated heterocycles. The van der Waals surface area contributed by atoms with E-state index in [1.54, 1.807) is 0 Å². The summed E-state index contributed by atoms with van der Waals surface area (Å²) in [5.74, 6) is 2.56. The maximum Gasteiger partial charge on any atom is 0.0573 e. The van der Waals surface area contributed by atoms with Crippen molar-refractivity contribution in [2.75, 3.05) is 52.4 Å². The van der Waals surface area contributed by atoms with E-state index in [0.717, 1.165) is 58.7 Å². The highest BCUT2D eigenvalue weighted by molar-refractivity contribution is 4.87. The molecule has 4 heteroatoms. The molecule has 4 nitrogen and oxygen atoms in total. The van der Waals surface area contributed by atoms with Gasteiger partial charge in [0.25, 0.3) is 0 Å². The third-order valence-electron chi connectivity index (χ3n) is 2.62. The van der Waals surface area contributed by atoms with Crippen LogP contribution in [0.4, 0.5) is 0 Å². The van der Waals surface area contributed by atoms with Gasteiger partial charge in [-0.15, -0.1) is 13.0 Å². The van der Waals surface area contributed by atoms with Crippen molar-refractivity contribution in [2.24, 2.45) is 0 Å². The van der Waals surface area contributed by atoms with E-state index in [9.17, 15) is 0 Å². The van der Waals surface area contributed by atoms with Gasteiger partial charge in [-0.3, -0.25) is 0 Å². The normalized spacial score (nSPS) is 10.8. The Morgan fingerprint density at radius 2 is 1.30 bits per heavy atom. The zero-order chi connectivity index (χ0) is 14.7. The Morgan fingerprint density at radius 1 is 0.800 bits per heavy atom. The first-order valence-electron chi connectivity index (χ1n) is 7.44. The molecule has 0 aliphatic rings. The molecule has 0 aliphatic heterocycles. The molecule has 0 amide bonds. The average molecular weight is 278 g/mol. The first-order valence-corrected chi connectivity index (χ1v) is 7.44. The van der Waals surface area contributed by atoms with Crippen molar-refractivity contribution in [1.29, 1.82) is 0 Å². The summed E-state index contributed by atoms with van der Waals surface area (Å²) in [7, 11) is 0. The van der Waals surface area contributed by atoms with Crippen molar-refractivity contribution >= 4 is 0 Å². The summed E-state index contributed by atoms with van der Waals surface area (Å²) < 4.78 is 0. The van der Waals surface area contributed by atoms with Crippen LogP contribution in [0, 0.1) is 12.3 Å². The molecule has 0 aromatic heterocycles. The monoisotopic (exact) mass is 278 g/mol. The second-order valence-electron chi connectivity index (χ2n) is 4.46. The smallest absolute Gasteiger partial charge is 0.0573 e. The van der Waals surface area contributed by atoms with Gasteiger partial charge < -0.3 is 21.3 Å². The predicted molar refractivity (Wildman–Crippen MR) is 88.9 cm³/mol. The molecule has 0 bridgehead atoms. The fourth-order valence-corrected chi connectivity index (χ4v) is 1.58. The molecule has 0 rings (SSSR count). The molecule has 0 unspecified atom stereocenters. The minimum Gasteiger partial charge on any atom is -0.313 e. The zero-order valence-electron chi connectivity index (χ0n) is 12.6. The van der Waals surface area contributed by atoms with E-state index in [0.29, 0.717) is 6.54 Å². The third-order valence-corrected chi connectivity index (χ3v) is 2.62. The van der Waals surface area contributed by atoms with Crippen LogP contribution in [-0.4, -0.2) is 52.4 Å². The van der Waals surface area contributed by atoms with E-state index >= 15 is 0 Å². The van der Waals surface area contributed by atoms with Gasteiger partial charge in [-0.25, -0.2) is 0 Å². The Bertz CT molecular complexity index is 268. The summed E-state index contributed by atoms with van der Waals surface area (Å²) in [5, 5.41) is 13.2. The lowest BCUT2D eigenvalue weighted by Crippen LogP contribution is -2.23. The molecule has 0 heterocycles. The summed E-state index contributed by atoms with van der Waals surface area (Å²) in [6.07, 6.45) is 13.6. The average Bonchev–Trinajstić information content (AvgIpc) is 2.47. The van der Waals surface area contributed by atoms with Gasteiger partial charge in [0.15, 0.2) is 0 Å². The van der Waals surface area contributed by atoms with E-state index in [4.69, 9.17) is 6.42 Å².